The van der Waals surface area contributed by atoms with Gasteiger partial charge in [-0.2, -0.15) is 0 Å². The average molecular weight is 517 g/mol. The number of benzene rings is 1. The number of rotatable bonds is 7. The van der Waals surface area contributed by atoms with Crippen LogP contribution in [0.25, 0.3) is 0 Å². The molecule has 1 saturated carbocycles. The average Bonchev–Trinajstić information content (AvgIpc) is 3.16. The van der Waals surface area contributed by atoms with E-state index in [1.807, 2.05) is 19.0 Å². The molecule has 10 heteroatoms. The predicted octanol–water partition coefficient (Wildman–Crippen LogP) is 3.65. The van der Waals surface area contributed by atoms with E-state index in [9.17, 15) is 23.2 Å². The molecule has 2 aromatic rings. The van der Waals surface area contributed by atoms with Gasteiger partial charge in [-0.15, -0.1) is 0 Å². The number of pyridine rings is 1. The molecule has 8 nitrogen and oxygen atoms in total. The van der Waals surface area contributed by atoms with Gasteiger partial charge in [0.1, 0.15) is 22.9 Å². The van der Waals surface area contributed by atoms with Crippen molar-refractivity contribution < 1.29 is 23.1 Å². The van der Waals surface area contributed by atoms with Crippen LogP contribution in [0.5, 0.6) is 5.75 Å². The van der Waals surface area contributed by atoms with Crippen LogP contribution in [0.3, 0.4) is 0 Å². The summed E-state index contributed by atoms with van der Waals surface area (Å²) in [5, 5.41) is 4.46. The Hall–Kier alpha value is -3.43. The molecule has 0 unspecified atom stereocenters. The zero-order valence-electron chi connectivity index (χ0n) is 21.9. The molecule has 0 bridgehead atoms. The van der Waals surface area contributed by atoms with Gasteiger partial charge in [-0.05, 0) is 31.2 Å². The number of nitrogens with zero attached hydrogens (tertiary/aromatic N) is 3. The molecule has 0 radical (unpaired) electrons. The fraction of sp³-hybridized carbons (Fsp3) is 0.519. The van der Waals surface area contributed by atoms with Crippen molar-refractivity contribution in [3.63, 3.8) is 0 Å². The second-order valence-corrected chi connectivity index (χ2v) is 10.1. The highest BCUT2D eigenvalue weighted by Crippen LogP contribution is 2.47. The van der Waals surface area contributed by atoms with Gasteiger partial charge in [-0.1, -0.05) is 33.3 Å². The van der Waals surface area contributed by atoms with E-state index in [-0.39, 0.29) is 47.5 Å². The van der Waals surface area contributed by atoms with E-state index in [0.29, 0.717) is 12.3 Å². The van der Waals surface area contributed by atoms with E-state index in [4.69, 9.17) is 4.74 Å². The molecule has 1 fully saturated rings. The lowest BCUT2D eigenvalue weighted by molar-refractivity contribution is 0.0227. The van der Waals surface area contributed by atoms with Crippen molar-refractivity contribution in [2.75, 3.05) is 25.7 Å². The van der Waals surface area contributed by atoms with Crippen molar-refractivity contribution in [3.05, 3.63) is 63.1 Å². The fourth-order valence-electron chi connectivity index (χ4n) is 5.60. The molecule has 1 aromatic carbocycles. The van der Waals surface area contributed by atoms with E-state index in [1.54, 1.807) is 16.6 Å². The standard InChI is InChI=1S/C27H34F2N4O4/c1-6-7-12-37-24-22-26(36)31(4)27(11-10-16(2)17(27)3)32(5)33(22)15-20(23(24)34)25(35)30-14-18-8-9-19(28)13-21(18)29/h8-9,13,15-17H,6-7,10-12,14H2,1-5H3,(H,30,35)/t16-,17-,27+/m0/s1. The minimum atomic E-state index is -0.800. The summed E-state index contributed by atoms with van der Waals surface area (Å²) in [6, 6.07) is 3.06. The number of amides is 2. The van der Waals surface area contributed by atoms with E-state index >= 15 is 0 Å². The summed E-state index contributed by atoms with van der Waals surface area (Å²) in [4.78, 5) is 42.1. The molecule has 2 amide bonds. The van der Waals surface area contributed by atoms with Crippen LogP contribution >= 0.6 is 0 Å². The van der Waals surface area contributed by atoms with Gasteiger partial charge in [0.15, 0.2) is 11.4 Å². The van der Waals surface area contributed by atoms with Crippen LogP contribution < -0.4 is 20.5 Å². The van der Waals surface area contributed by atoms with Gasteiger partial charge in [-0.25, -0.2) is 8.78 Å². The number of unbranched alkanes of at least 4 members (excludes halogenated alkanes) is 1. The number of aromatic nitrogens is 1. The number of halogens is 2. The van der Waals surface area contributed by atoms with Crippen LogP contribution in [-0.4, -0.2) is 47.8 Å². The molecular weight excluding hydrogens is 482 g/mol. The van der Waals surface area contributed by atoms with Crippen LogP contribution in [0.15, 0.2) is 29.2 Å². The fourth-order valence-corrected chi connectivity index (χ4v) is 5.60. The van der Waals surface area contributed by atoms with E-state index in [0.717, 1.165) is 31.4 Å². The van der Waals surface area contributed by atoms with Crippen LogP contribution in [0.4, 0.5) is 8.78 Å². The number of nitrogens with one attached hydrogen (secondary N) is 1. The number of carbonyl (C=O) groups excluding carboxylic acids is 2. The lowest BCUT2D eigenvalue weighted by Gasteiger charge is -2.54. The Kier molecular flexibility index (Phi) is 7.30. The highest BCUT2D eigenvalue weighted by Gasteiger charge is 2.56. The van der Waals surface area contributed by atoms with Crippen molar-refractivity contribution in [3.8, 4) is 5.75 Å². The molecule has 1 aliphatic heterocycles. The van der Waals surface area contributed by atoms with Gasteiger partial charge in [0.2, 0.25) is 5.43 Å². The summed E-state index contributed by atoms with van der Waals surface area (Å²) in [6.07, 6.45) is 4.51. The van der Waals surface area contributed by atoms with Gasteiger partial charge >= 0.3 is 0 Å². The van der Waals surface area contributed by atoms with Crippen LogP contribution in [0.1, 0.15) is 72.9 Å². The normalized spacial score (nSPS) is 22.9. The zero-order chi connectivity index (χ0) is 27.1. The minimum Gasteiger partial charge on any atom is -0.487 e. The first-order valence-corrected chi connectivity index (χ1v) is 12.7. The maximum atomic E-state index is 14.1. The molecule has 1 aliphatic carbocycles. The first-order valence-electron chi connectivity index (χ1n) is 12.7. The molecule has 1 spiro atoms. The number of hydrogen-bond acceptors (Lipinski definition) is 5. The Morgan fingerprint density at radius 1 is 1.22 bits per heavy atom. The van der Waals surface area contributed by atoms with Crippen LogP contribution in [-0.2, 0) is 6.54 Å². The van der Waals surface area contributed by atoms with Gasteiger partial charge in [0.05, 0.1) is 6.61 Å². The van der Waals surface area contributed by atoms with Crippen molar-refractivity contribution in [2.24, 2.45) is 11.8 Å². The van der Waals surface area contributed by atoms with Gasteiger partial charge in [0.25, 0.3) is 11.8 Å². The van der Waals surface area contributed by atoms with Gasteiger partial charge < -0.3 is 15.0 Å². The first kappa shape index (κ1) is 26.6. The maximum absolute atomic E-state index is 14.1. The highest BCUT2D eigenvalue weighted by molar-refractivity contribution is 5.99. The maximum Gasteiger partial charge on any atom is 0.278 e. The third-order valence-electron chi connectivity index (χ3n) is 8.11. The Morgan fingerprint density at radius 2 is 1.95 bits per heavy atom. The van der Waals surface area contributed by atoms with Crippen LogP contribution in [0, 0.1) is 23.5 Å². The second kappa shape index (κ2) is 10.1. The number of hydrogen-bond donors (Lipinski definition) is 1. The lowest BCUT2D eigenvalue weighted by atomic mass is 9.89. The second-order valence-electron chi connectivity index (χ2n) is 10.1. The molecule has 2 heterocycles. The molecule has 0 saturated heterocycles. The minimum absolute atomic E-state index is 0.0737. The third-order valence-corrected chi connectivity index (χ3v) is 8.11. The van der Waals surface area contributed by atoms with E-state index < -0.39 is 28.6 Å². The third kappa shape index (κ3) is 4.36. The smallest absolute Gasteiger partial charge is 0.278 e. The Bertz CT molecular complexity index is 1280. The largest absolute Gasteiger partial charge is 0.487 e. The van der Waals surface area contributed by atoms with Gasteiger partial charge in [-0.3, -0.25) is 24.1 Å². The molecule has 1 aromatic heterocycles. The Labute approximate surface area is 215 Å². The van der Waals surface area contributed by atoms with Crippen molar-refractivity contribution in [1.82, 2.24) is 14.9 Å². The topological polar surface area (TPSA) is 83.9 Å². The summed E-state index contributed by atoms with van der Waals surface area (Å²) in [7, 11) is 3.59. The summed E-state index contributed by atoms with van der Waals surface area (Å²) < 4.78 is 34.7. The quantitative estimate of drug-likeness (QED) is 0.568. The summed E-state index contributed by atoms with van der Waals surface area (Å²) in [6.45, 7) is 6.20. The lowest BCUT2D eigenvalue weighted by Crippen LogP contribution is -2.69. The van der Waals surface area contributed by atoms with Crippen molar-refractivity contribution >= 4 is 11.8 Å². The summed E-state index contributed by atoms with van der Waals surface area (Å²) in [5.74, 6) is -2.29. The molecule has 3 atom stereocenters. The highest BCUT2D eigenvalue weighted by atomic mass is 19.1. The molecule has 2 aliphatic rings. The van der Waals surface area contributed by atoms with Crippen molar-refractivity contribution in [1.29, 1.82) is 0 Å². The number of ether oxygens (including phenoxy) is 1. The summed E-state index contributed by atoms with van der Waals surface area (Å²) in [5.41, 5.74) is -1.42. The molecule has 4 rings (SSSR count). The SMILES string of the molecule is CCCCOc1c2n(cc(C(=O)NCc3ccc(F)cc3F)c1=O)N(C)[C@@]1(CC[C@H](C)[C@@H]1C)N(C)C2=O. The Balaban J connectivity index is 1.78. The molecule has 1 N–H and O–H groups in total. The Morgan fingerprint density at radius 3 is 2.57 bits per heavy atom. The first-order chi connectivity index (χ1) is 17.5. The van der Waals surface area contributed by atoms with E-state index in [1.165, 1.54) is 12.3 Å². The van der Waals surface area contributed by atoms with Gasteiger partial charge in [0, 0.05) is 44.4 Å². The monoisotopic (exact) mass is 516 g/mol. The molecule has 200 valence electrons. The zero-order valence-corrected chi connectivity index (χ0v) is 21.9. The molecule has 37 heavy (non-hydrogen) atoms. The molecular formula is C27H34F2N4O4. The number of carbonyl (C=O) groups is 2. The summed E-state index contributed by atoms with van der Waals surface area (Å²) >= 11 is 0. The van der Waals surface area contributed by atoms with Crippen molar-refractivity contribution in [2.45, 2.75) is 58.7 Å². The van der Waals surface area contributed by atoms with E-state index in [2.05, 4.69) is 19.2 Å². The predicted molar refractivity (Wildman–Crippen MR) is 135 cm³/mol. The number of fused-ring (bicyclic) bond motifs is 1. The van der Waals surface area contributed by atoms with Crippen LogP contribution in [0.2, 0.25) is 0 Å².